The van der Waals surface area contributed by atoms with Gasteiger partial charge in [0.15, 0.2) is 0 Å². The maximum absolute atomic E-state index is 12.9. The Labute approximate surface area is 188 Å². The topological polar surface area (TPSA) is 78.1 Å². The van der Waals surface area contributed by atoms with Crippen LogP contribution in [0, 0.1) is 28.1 Å². The van der Waals surface area contributed by atoms with Crippen LogP contribution in [0.25, 0.3) is 0 Å². The Morgan fingerprint density at radius 2 is 2.00 bits per heavy atom. The Bertz CT molecular complexity index is 1030. The summed E-state index contributed by atoms with van der Waals surface area (Å²) in [5.74, 6) is 0.339. The van der Waals surface area contributed by atoms with Gasteiger partial charge in [-0.25, -0.2) is 0 Å². The highest BCUT2D eigenvalue weighted by atomic mass is 16.6. The van der Waals surface area contributed by atoms with Crippen LogP contribution < -0.4 is 0 Å². The lowest BCUT2D eigenvalue weighted by Crippen LogP contribution is -2.72. The lowest BCUT2D eigenvalue weighted by Gasteiger charge is -2.66. The highest BCUT2D eigenvalue weighted by Gasteiger charge is 2.78. The molecule has 0 aromatic carbocycles. The summed E-state index contributed by atoms with van der Waals surface area (Å²) < 4.78 is 24.7. The van der Waals surface area contributed by atoms with Crippen LogP contribution in [0.1, 0.15) is 58.4 Å². The standard InChI is InChI=1S/C26H32O6/c1-12-14(13-5-6-29-10-13)7-15-20(12)26(4)16-8-19(28)32-18-9-17(27)24(2)11-30-21(23(26)31-15)22(24)25(16,18)3/h5-6,10,14-18,21-23,27H,7-9,11H2,1-4H3/t14-,15-,16-,17-,18-,21?,22?,23-,24-,25+,26-/m1/s1. The minimum atomic E-state index is -0.543. The zero-order valence-electron chi connectivity index (χ0n) is 19.2. The number of allylic oxidation sites excluding steroid dienone is 1. The monoisotopic (exact) mass is 440 g/mol. The maximum atomic E-state index is 12.9. The lowest BCUT2D eigenvalue weighted by atomic mass is 9.39. The first-order valence-corrected chi connectivity index (χ1v) is 12.1. The van der Waals surface area contributed by atoms with Gasteiger partial charge in [-0.1, -0.05) is 26.3 Å². The molecule has 6 heteroatoms. The summed E-state index contributed by atoms with van der Waals surface area (Å²) in [5.41, 5.74) is 3.02. The number of hydrogen-bond donors (Lipinski definition) is 1. The van der Waals surface area contributed by atoms with Gasteiger partial charge in [-0.15, -0.1) is 0 Å². The molecule has 3 aliphatic heterocycles. The van der Waals surface area contributed by atoms with E-state index < -0.39 is 6.10 Å². The zero-order chi connectivity index (χ0) is 22.2. The van der Waals surface area contributed by atoms with Gasteiger partial charge in [0.2, 0.25) is 0 Å². The highest BCUT2D eigenvalue weighted by Crippen LogP contribution is 2.74. The van der Waals surface area contributed by atoms with E-state index in [4.69, 9.17) is 18.6 Å². The fourth-order valence-electron chi connectivity index (χ4n) is 9.44. The van der Waals surface area contributed by atoms with Gasteiger partial charge in [-0.3, -0.25) is 4.79 Å². The number of rotatable bonds is 1. The second-order valence-corrected chi connectivity index (χ2v) is 11.9. The summed E-state index contributed by atoms with van der Waals surface area (Å²) in [6.07, 6.45) is 4.38. The van der Waals surface area contributed by atoms with E-state index in [9.17, 15) is 9.90 Å². The number of fused-ring (bicyclic) bond motifs is 5. The molecule has 2 unspecified atom stereocenters. The molecule has 7 rings (SSSR count). The van der Waals surface area contributed by atoms with Crippen molar-refractivity contribution in [1.29, 1.82) is 0 Å². The van der Waals surface area contributed by atoms with Crippen LogP contribution in [-0.4, -0.2) is 48.2 Å². The molecule has 1 N–H and O–H groups in total. The summed E-state index contributed by atoms with van der Waals surface area (Å²) in [5, 5.41) is 11.1. The van der Waals surface area contributed by atoms with E-state index in [0.717, 1.165) is 6.42 Å². The van der Waals surface area contributed by atoms with E-state index in [0.29, 0.717) is 19.4 Å². The molecule has 3 aliphatic carbocycles. The zero-order valence-corrected chi connectivity index (χ0v) is 19.2. The van der Waals surface area contributed by atoms with Gasteiger partial charge >= 0.3 is 5.97 Å². The van der Waals surface area contributed by atoms with E-state index in [1.807, 2.05) is 6.26 Å². The molecular formula is C26H32O6. The SMILES string of the molecule is CC1=C2[C@@H](C[C@H]1c1ccoc1)O[C@@H]1C3OC[C@@]4(C)C3[C@]3(C)[C@@H](C[C@H]4O)OC(=O)C[C@H]3[C@]21C. The average molecular weight is 441 g/mol. The third kappa shape index (κ3) is 1.99. The van der Waals surface area contributed by atoms with Gasteiger partial charge in [-0.05, 0) is 36.5 Å². The molecule has 3 saturated heterocycles. The van der Waals surface area contributed by atoms with Gasteiger partial charge in [0.25, 0.3) is 0 Å². The van der Waals surface area contributed by atoms with Gasteiger partial charge in [0.05, 0.1) is 43.5 Å². The van der Waals surface area contributed by atoms with Crippen molar-refractivity contribution in [1.82, 2.24) is 0 Å². The van der Waals surface area contributed by atoms with Crippen molar-refractivity contribution in [2.75, 3.05) is 6.61 Å². The number of carbonyl (C=O) groups is 1. The van der Waals surface area contributed by atoms with Crippen LogP contribution in [0.5, 0.6) is 0 Å². The molecule has 4 heterocycles. The highest BCUT2D eigenvalue weighted by molar-refractivity contribution is 5.72. The van der Waals surface area contributed by atoms with Gasteiger partial charge in [-0.2, -0.15) is 0 Å². The van der Waals surface area contributed by atoms with Crippen molar-refractivity contribution in [2.24, 2.45) is 28.1 Å². The second kappa shape index (κ2) is 5.89. The smallest absolute Gasteiger partial charge is 0.306 e. The first-order valence-electron chi connectivity index (χ1n) is 12.1. The molecule has 0 spiro atoms. The summed E-state index contributed by atoms with van der Waals surface area (Å²) in [7, 11) is 0. The van der Waals surface area contributed by atoms with Crippen molar-refractivity contribution in [2.45, 2.75) is 83.4 Å². The fraction of sp³-hybridized carbons (Fsp3) is 0.731. The molecule has 172 valence electrons. The largest absolute Gasteiger partial charge is 0.472 e. The summed E-state index contributed by atoms with van der Waals surface area (Å²) in [6, 6.07) is 2.05. The quantitative estimate of drug-likeness (QED) is 0.531. The van der Waals surface area contributed by atoms with Crippen molar-refractivity contribution in [3.05, 3.63) is 35.3 Å². The Morgan fingerprint density at radius 3 is 2.75 bits per heavy atom. The van der Waals surface area contributed by atoms with Gasteiger partial charge in [0, 0.05) is 40.9 Å². The van der Waals surface area contributed by atoms with E-state index >= 15 is 0 Å². The molecular weight excluding hydrogens is 408 g/mol. The first kappa shape index (κ1) is 19.8. The Balaban J connectivity index is 1.43. The van der Waals surface area contributed by atoms with Crippen LogP contribution in [0.3, 0.4) is 0 Å². The molecule has 6 aliphatic rings. The lowest BCUT2D eigenvalue weighted by molar-refractivity contribution is -0.266. The molecule has 2 saturated carbocycles. The summed E-state index contributed by atoms with van der Waals surface area (Å²) in [4.78, 5) is 12.9. The molecule has 11 atom stereocenters. The van der Waals surface area contributed by atoms with Crippen molar-refractivity contribution in [3.63, 3.8) is 0 Å². The number of hydrogen-bond acceptors (Lipinski definition) is 6. The van der Waals surface area contributed by atoms with Gasteiger partial charge < -0.3 is 23.7 Å². The average Bonchev–Trinajstić information content (AvgIpc) is 3.49. The molecule has 0 amide bonds. The molecule has 0 radical (unpaired) electrons. The number of aliphatic hydroxyl groups excluding tert-OH is 1. The molecule has 1 aromatic heterocycles. The Morgan fingerprint density at radius 1 is 1.19 bits per heavy atom. The van der Waals surface area contributed by atoms with E-state index in [1.54, 1.807) is 6.26 Å². The van der Waals surface area contributed by atoms with Crippen LogP contribution in [0.4, 0.5) is 0 Å². The third-order valence-electron chi connectivity index (χ3n) is 10.8. The van der Waals surface area contributed by atoms with Crippen molar-refractivity contribution < 1.29 is 28.5 Å². The number of esters is 1. The van der Waals surface area contributed by atoms with Crippen molar-refractivity contribution >= 4 is 5.97 Å². The second-order valence-electron chi connectivity index (χ2n) is 11.9. The molecule has 6 nitrogen and oxygen atoms in total. The third-order valence-corrected chi connectivity index (χ3v) is 10.8. The van der Waals surface area contributed by atoms with E-state index in [2.05, 4.69) is 33.8 Å². The van der Waals surface area contributed by atoms with Crippen LogP contribution in [0.2, 0.25) is 0 Å². The van der Waals surface area contributed by atoms with E-state index in [1.165, 1.54) is 16.7 Å². The molecule has 0 bridgehead atoms. The number of ether oxygens (including phenoxy) is 3. The van der Waals surface area contributed by atoms with Crippen LogP contribution in [0.15, 0.2) is 34.2 Å². The predicted octanol–water partition coefficient (Wildman–Crippen LogP) is 3.59. The maximum Gasteiger partial charge on any atom is 0.306 e. The molecule has 5 fully saturated rings. The van der Waals surface area contributed by atoms with Gasteiger partial charge in [0.1, 0.15) is 6.10 Å². The Hall–Kier alpha value is -1.63. The summed E-state index contributed by atoms with van der Waals surface area (Å²) >= 11 is 0. The minimum absolute atomic E-state index is 0.0328. The predicted molar refractivity (Wildman–Crippen MR) is 114 cm³/mol. The molecule has 32 heavy (non-hydrogen) atoms. The normalized spacial score (nSPS) is 55.5. The van der Waals surface area contributed by atoms with Crippen LogP contribution >= 0.6 is 0 Å². The van der Waals surface area contributed by atoms with Crippen molar-refractivity contribution in [3.8, 4) is 0 Å². The fourth-order valence-corrected chi connectivity index (χ4v) is 9.44. The Kier molecular flexibility index (Phi) is 3.64. The molecule has 1 aromatic rings. The number of aliphatic hydroxyl groups is 1. The minimum Gasteiger partial charge on any atom is -0.472 e. The number of furan rings is 1. The van der Waals surface area contributed by atoms with Crippen LogP contribution in [-0.2, 0) is 19.0 Å². The summed E-state index contributed by atoms with van der Waals surface area (Å²) in [6.45, 7) is 9.55. The number of carbonyl (C=O) groups excluding carboxylic acids is 1. The first-order chi connectivity index (χ1) is 15.2. The van der Waals surface area contributed by atoms with E-state index in [-0.39, 0.29) is 64.4 Å².